The van der Waals surface area contributed by atoms with Crippen molar-refractivity contribution in [3.8, 4) is 5.75 Å². The number of aliphatic hydroxyl groups excluding tert-OH is 1. The predicted octanol–water partition coefficient (Wildman–Crippen LogP) is 2.82. The van der Waals surface area contributed by atoms with E-state index in [1.165, 1.54) is 24.0 Å². The van der Waals surface area contributed by atoms with Crippen LogP contribution >= 0.6 is 0 Å². The molecule has 3 nitrogen and oxygen atoms in total. The van der Waals surface area contributed by atoms with Crippen LogP contribution in [0.2, 0.25) is 0 Å². The third-order valence-electron chi connectivity index (χ3n) is 3.75. The van der Waals surface area contributed by atoms with Gasteiger partial charge < -0.3 is 15.2 Å². The molecule has 0 bridgehead atoms. The Balaban J connectivity index is 1.97. The lowest BCUT2D eigenvalue weighted by molar-refractivity contribution is 0.104. The highest BCUT2D eigenvalue weighted by atomic mass is 16.5. The molecule has 0 amide bonds. The van der Waals surface area contributed by atoms with Crippen LogP contribution in [0.4, 0.5) is 0 Å². The highest BCUT2D eigenvalue weighted by Crippen LogP contribution is 2.33. The van der Waals surface area contributed by atoms with Crippen LogP contribution in [0.3, 0.4) is 0 Å². The van der Waals surface area contributed by atoms with E-state index < -0.39 is 0 Å². The number of ether oxygens (including phenoxy) is 1. The smallest absolute Gasteiger partial charge is 0.119 e. The van der Waals surface area contributed by atoms with Crippen LogP contribution in [0.5, 0.6) is 5.75 Å². The number of nitrogens with one attached hydrogen (secondary N) is 1. The average Bonchev–Trinajstić information content (AvgIpc) is 2.84. The topological polar surface area (TPSA) is 41.5 Å². The van der Waals surface area contributed by atoms with E-state index in [-0.39, 0.29) is 6.10 Å². The highest BCUT2D eigenvalue weighted by molar-refractivity contribution is 5.40. The van der Waals surface area contributed by atoms with Crippen LogP contribution in [0.25, 0.3) is 0 Å². The van der Waals surface area contributed by atoms with E-state index in [9.17, 15) is 5.11 Å². The molecule has 19 heavy (non-hydrogen) atoms. The first-order chi connectivity index (χ1) is 9.24. The van der Waals surface area contributed by atoms with Crippen molar-refractivity contribution in [3.05, 3.63) is 29.3 Å². The van der Waals surface area contributed by atoms with Crippen molar-refractivity contribution < 1.29 is 9.84 Å². The van der Waals surface area contributed by atoms with Gasteiger partial charge in [-0.05, 0) is 55.5 Å². The summed E-state index contributed by atoms with van der Waals surface area (Å²) in [5.74, 6) is 0.877. The zero-order valence-corrected chi connectivity index (χ0v) is 12.0. The van der Waals surface area contributed by atoms with Gasteiger partial charge in [0.05, 0.1) is 6.10 Å². The van der Waals surface area contributed by atoms with Gasteiger partial charge in [-0.25, -0.2) is 0 Å². The molecule has 2 unspecified atom stereocenters. The molecule has 0 heterocycles. The summed E-state index contributed by atoms with van der Waals surface area (Å²) in [6, 6.07) is 6.83. The first-order valence-corrected chi connectivity index (χ1v) is 7.41. The van der Waals surface area contributed by atoms with Gasteiger partial charge in [-0.15, -0.1) is 0 Å². The summed E-state index contributed by atoms with van der Waals surface area (Å²) in [5, 5.41) is 13.1. The molecule has 1 aliphatic rings. The van der Waals surface area contributed by atoms with E-state index >= 15 is 0 Å². The predicted molar refractivity (Wildman–Crippen MR) is 77.6 cm³/mol. The Kier molecular flexibility index (Phi) is 5.23. The van der Waals surface area contributed by atoms with Crippen LogP contribution in [0.15, 0.2) is 18.2 Å². The van der Waals surface area contributed by atoms with Crippen molar-refractivity contribution >= 4 is 0 Å². The number of fused-ring (bicyclic) bond motifs is 1. The number of hydrogen-bond donors (Lipinski definition) is 2. The molecule has 2 N–H and O–H groups in total. The SMILES string of the molecule is CCCNC1CCc2cc(OCC(O)CC)ccc21. The van der Waals surface area contributed by atoms with E-state index in [1.807, 2.05) is 13.0 Å². The van der Waals surface area contributed by atoms with Crippen LogP contribution < -0.4 is 10.1 Å². The molecule has 106 valence electrons. The monoisotopic (exact) mass is 263 g/mol. The minimum Gasteiger partial charge on any atom is -0.491 e. The van der Waals surface area contributed by atoms with Crippen LogP contribution in [-0.4, -0.2) is 24.4 Å². The van der Waals surface area contributed by atoms with Crippen molar-refractivity contribution in [2.45, 2.75) is 51.7 Å². The Morgan fingerprint density at radius 2 is 2.26 bits per heavy atom. The third-order valence-corrected chi connectivity index (χ3v) is 3.75. The first kappa shape index (κ1) is 14.4. The Hall–Kier alpha value is -1.06. The third kappa shape index (κ3) is 3.71. The number of rotatable bonds is 7. The molecule has 3 heteroatoms. The minimum absolute atomic E-state index is 0.368. The lowest BCUT2D eigenvalue weighted by atomic mass is 10.1. The van der Waals surface area contributed by atoms with Gasteiger partial charge in [0.2, 0.25) is 0 Å². The van der Waals surface area contributed by atoms with Crippen LogP contribution in [0.1, 0.15) is 50.3 Å². The Morgan fingerprint density at radius 1 is 1.42 bits per heavy atom. The van der Waals surface area contributed by atoms with E-state index in [0.29, 0.717) is 12.6 Å². The van der Waals surface area contributed by atoms with Gasteiger partial charge in [0.15, 0.2) is 0 Å². The van der Waals surface area contributed by atoms with Gasteiger partial charge in [0, 0.05) is 6.04 Å². The first-order valence-electron chi connectivity index (χ1n) is 7.41. The zero-order valence-electron chi connectivity index (χ0n) is 12.0. The molecule has 0 aromatic heterocycles. The largest absolute Gasteiger partial charge is 0.491 e. The van der Waals surface area contributed by atoms with Gasteiger partial charge >= 0.3 is 0 Å². The standard InChI is InChI=1S/C16H25NO2/c1-3-9-17-16-8-5-12-10-14(6-7-15(12)16)19-11-13(18)4-2/h6-7,10,13,16-18H,3-5,8-9,11H2,1-2H3. The number of aryl methyl sites for hydroxylation is 1. The van der Waals surface area contributed by atoms with Gasteiger partial charge in [0.1, 0.15) is 12.4 Å². The molecule has 0 saturated carbocycles. The van der Waals surface area contributed by atoms with E-state index in [2.05, 4.69) is 24.4 Å². The summed E-state index contributed by atoms with van der Waals surface area (Å²) in [7, 11) is 0. The quantitative estimate of drug-likeness (QED) is 0.795. The van der Waals surface area contributed by atoms with Crippen molar-refractivity contribution in [1.29, 1.82) is 0 Å². The summed E-state index contributed by atoms with van der Waals surface area (Å²) in [4.78, 5) is 0. The second-order valence-electron chi connectivity index (χ2n) is 5.28. The van der Waals surface area contributed by atoms with Gasteiger partial charge in [-0.2, -0.15) is 0 Å². The Bertz CT molecular complexity index is 406. The molecule has 1 aliphatic carbocycles. The average molecular weight is 263 g/mol. The molecular formula is C16H25NO2. The number of aliphatic hydroxyl groups is 1. The maximum atomic E-state index is 9.52. The molecule has 2 rings (SSSR count). The lowest BCUT2D eigenvalue weighted by Crippen LogP contribution is -2.19. The van der Waals surface area contributed by atoms with Gasteiger partial charge in [-0.1, -0.05) is 19.9 Å². The molecule has 0 aliphatic heterocycles. The molecule has 1 aromatic carbocycles. The van der Waals surface area contributed by atoms with Crippen LogP contribution in [0, 0.1) is 0 Å². The van der Waals surface area contributed by atoms with E-state index in [1.54, 1.807) is 0 Å². The maximum Gasteiger partial charge on any atom is 0.119 e. The van der Waals surface area contributed by atoms with E-state index in [0.717, 1.165) is 25.1 Å². The fraction of sp³-hybridized carbons (Fsp3) is 0.625. The van der Waals surface area contributed by atoms with Crippen molar-refractivity contribution in [2.75, 3.05) is 13.2 Å². The van der Waals surface area contributed by atoms with Gasteiger partial charge in [0.25, 0.3) is 0 Å². The molecule has 1 aromatic rings. The summed E-state index contributed by atoms with van der Waals surface area (Å²) in [5.41, 5.74) is 2.80. The summed E-state index contributed by atoms with van der Waals surface area (Å²) in [6.45, 7) is 5.61. The second-order valence-corrected chi connectivity index (χ2v) is 5.28. The summed E-state index contributed by atoms with van der Waals surface area (Å²) < 4.78 is 5.63. The molecular weight excluding hydrogens is 238 g/mol. The number of hydrogen-bond acceptors (Lipinski definition) is 3. The maximum absolute atomic E-state index is 9.52. The van der Waals surface area contributed by atoms with Crippen LogP contribution in [-0.2, 0) is 6.42 Å². The molecule has 0 fully saturated rings. The fourth-order valence-electron chi connectivity index (χ4n) is 2.52. The highest BCUT2D eigenvalue weighted by Gasteiger charge is 2.22. The summed E-state index contributed by atoms with van der Waals surface area (Å²) in [6.07, 6.45) is 3.82. The zero-order chi connectivity index (χ0) is 13.7. The van der Waals surface area contributed by atoms with Crippen molar-refractivity contribution in [2.24, 2.45) is 0 Å². The molecule has 2 atom stereocenters. The molecule has 0 saturated heterocycles. The lowest BCUT2D eigenvalue weighted by Gasteiger charge is -2.14. The van der Waals surface area contributed by atoms with Crippen molar-refractivity contribution in [3.63, 3.8) is 0 Å². The normalized spacial score (nSPS) is 19.2. The van der Waals surface area contributed by atoms with Crippen molar-refractivity contribution in [1.82, 2.24) is 5.32 Å². The Morgan fingerprint density at radius 3 is 3.00 bits per heavy atom. The molecule has 0 spiro atoms. The minimum atomic E-state index is -0.368. The van der Waals surface area contributed by atoms with E-state index in [4.69, 9.17) is 4.74 Å². The second kappa shape index (κ2) is 6.92. The van der Waals surface area contributed by atoms with Gasteiger partial charge in [-0.3, -0.25) is 0 Å². The Labute approximate surface area is 116 Å². The number of benzene rings is 1. The molecule has 0 radical (unpaired) electrons. The fourth-order valence-corrected chi connectivity index (χ4v) is 2.52. The summed E-state index contributed by atoms with van der Waals surface area (Å²) >= 11 is 0.